The number of nitro groups is 1. The minimum absolute atomic E-state index is 0.292. The van der Waals surface area contributed by atoms with E-state index in [4.69, 9.17) is 4.74 Å². The van der Waals surface area contributed by atoms with Crippen LogP contribution in [0.5, 0.6) is 5.75 Å². The Labute approximate surface area is 117 Å². The number of thioether (sulfide) groups is 1. The lowest BCUT2D eigenvalue weighted by Gasteiger charge is -2.16. The van der Waals surface area contributed by atoms with Gasteiger partial charge in [-0.15, -0.1) is 11.8 Å². The molecule has 19 heavy (non-hydrogen) atoms. The van der Waals surface area contributed by atoms with E-state index >= 15 is 0 Å². The molecule has 0 aromatic heterocycles. The van der Waals surface area contributed by atoms with E-state index in [1.165, 1.54) is 18.9 Å². The molecule has 0 amide bonds. The van der Waals surface area contributed by atoms with E-state index in [-0.39, 0.29) is 0 Å². The number of nitrogens with zero attached hydrogens (tertiary/aromatic N) is 1. The molecule has 0 saturated heterocycles. The molecule has 2 rings (SSSR count). The highest BCUT2D eigenvalue weighted by Gasteiger charge is 2.18. The number of hydrogen-bond donors (Lipinski definition) is 0. The molecule has 5 heteroatoms. The van der Waals surface area contributed by atoms with Crippen molar-refractivity contribution >= 4 is 17.8 Å². The van der Waals surface area contributed by atoms with Crippen LogP contribution >= 0.6 is 11.8 Å². The van der Waals surface area contributed by atoms with Crippen LogP contribution in [0.3, 0.4) is 0 Å². The second kappa shape index (κ2) is 6.61. The normalized spacial score (nSPS) is 16.1. The molecule has 102 valence electrons. The van der Waals surface area contributed by atoms with E-state index in [2.05, 4.69) is 0 Å². The standard InChI is InChI=1S/C14H17NO3S/c1-19-14-7-6-11(8-9-15(16)17)10-13(14)18-12-4-2-3-5-12/h6-10,12H,2-5H2,1H3/b9-8+. The van der Waals surface area contributed by atoms with E-state index in [0.717, 1.165) is 35.3 Å². The quantitative estimate of drug-likeness (QED) is 0.465. The van der Waals surface area contributed by atoms with Crippen molar-refractivity contribution in [2.24, 2.45) is 0 Å². The van der Waals surface area contributed by atoms with Crippen LogP contribution in [0.15, 0.2) is 29.3 Å². The Morgan fingerprint density at radius 1 is 1.42 bits per heavy atom. The van der Waals surface area contributed by atoms with Crippen LogP contribution in [0, 0.1) is 10.1 Å². The molecule has 0 atom stereocenters. The van der Waals surface area contributed by atoms with Gasteiger partial charge in [0.05, 0.1) is 11.0 Å². The van der Waals surface area contributed by atoms with Crippen LogP contribution in [0.1, 0.15) is 31.2 Å². The minimum atomic E-state index is -0.458. The zero-order chi connectivity index (χ0) is 13.7. The number of hydrogen-bond acceptors (Lipinski definition) is 4. The summed E-state index contributed by atoms with van der Waals surface area (Å²) in [5, 5.41) is 10.3. The number of ether oxygens (including phenoxy) is 1. The van der Waals surface area contributed by atoms with E-state index in [9.17, 15) is 10.1 Å². The van der Waals surface area contributed by atoms with Crippen molar-refractivity contribution in [3.8, 4) is 5.75 Å². The topological polar surface area (TPSA) is 52.4 Å². The zero-order valence-corrected chi connectivity index (χ0v) is 11.7. The van der Waals surface area contributed by atoms with E-state index < -0.39 is 4.92 Å². The monoisotopic (exact) mass is 279 g/mol. The Kier molecular flexibility index (Phi) is 4.85. The molecule has 1 aromatic rings. The van der Waals surface area contributed by atoms with Crippen molar-refractivity contribution in [2.75, 3.05) is 6.26 Å². The Morgan fingerprint density at radius 2 is 2.16 bits per heavy atom. The van der Waals surface area contributed by atoms with Gasteiger partial charge in [-0.3, -0.25) is 10.1 Å². The lowest BCUT2D eigenvalue weighted by atomic mass is 10.2. The molecule has 1 saturated carbocycles. The first-order chi connectivity index (χ1) is 9.19. The van der Waals surface area contributed by atoms with Gasteiger partial charge in [-0.25, -0.2) is 0 Å². The second-order valence-electron chi connectivity index (χ2n) is 4.54. The summed E-state index contributed by atoms with van der Waals surface area (Å²) >= 11 is 1.63. The molecule has 0 radical (unpaired) electrons. The fourth-order valence-electron chi connectivity index (χ4n) is 2.22. The Hall–Kier alpha value is -1.49. The van der Waals surface area contributed by atoms with Gasteiger partial charge in [-0.2, -0.15) is 0 Å². The average molecular weight is 279 g/mol. The zero-order valence-electron chi connectivity index (χ0n) is 10.9. The van der Waals surface area contributed by atoms with Crippen molar-refractivity contribution < 1.29 is 9.66 Å². The molecular weight excluding hydrogens is 262 g/mol. The lowest BCUT2D eigenvalue weighted by Crippen LogP contribution is -2.11. The van der Waals surface area contributed by atoms with Crippen LogP contribution in [0.25, 0.3) is 6.08 Å². The fourth-order valence-corrected chi connectivity index (χ4v) is 2.73. The third kappa shape index (κ3) is 3.99. The summed E-state index contributed by atoms with van der Waals surface area (Å²) in [5.41, 5.74) is 0.794. The van der Waals surface area contributed by atoms with E-state index in [0.29, 0.717) is 6.10 Å². The van der Waals surface area contributed by atoms with Crippen molar-refractivity contribution in [3.05, 3.63) is 40.1 Å². The molecule has 0 heterocycles. The van der Waals surface area contributed by atoms with Gasteiger partial charge >= 0.3 is 0 Å². The molecule has 1 fully saturated rings. The molecule has 1 aliphatic carbocycles. The summed E-state index contributed by atoms with van der Waals surface area (Å²) in [6.45, 7) is 0. The predicted octanol–water partition coefficient (Wildman–Crippen LogP) is 3.98. The van der Waals surface area contributed by atoms with E-state index in [1.54, 1.807) is 11.8 Å². The highest BCUT2D eigenvalue weighted by Crippen LogP contribution is 2.32. The van der Waals surface area contributed by atoms with Crippen molar-refractivity contribution in [1.82, 2.24) is 0 Å². The highest BCUT2D eigenvalue weighted by atomic mass is 32.2. The smallest absolute Gasteiger partial charge is 0.235 e. The molecule has 0 spiro atoms. The molecule has 4 nitrogen and oxygen atoms in total. The summed E-state index contributed by atoms with van der Waals surface area (Å²) < 4.78 is 6.02. The summed E-state index contributed by atoms with van der Waals surface area (Å²) in [4.78, 5) is 11.0. The maximum absolute atomic E-state index is 10.3. The SMILES string of the molecule is CSc1ccc(/C=C/[N+](=O)[O-])cc1OC1CCCC1. The van der Waals surface area contributed by atoms with Gasteiger partial charge in [0.2, 0.25) is 6.20 Å². The van der Waals surface area contributed by atoms with Gasteiger partial charge in [0.25, 0.3) is 0 Å². The maximum Gasteiger partial charge on any atom is 0.235 e. The maximum atomic E-state index is 10.3. The van der Waals surface area contributed by atoms with Gasteiger partial charge in [-0.1, -0.05) is 6.07 Å². The third-order valence-electron chi connectivity index (χ3n) is 3.17. The summed E-state index contributed by atoms with van der Waals surface area (Å²) in [6, 6.07) is 5.70. The molecule has 1 aliphatic rings. The van der Waals surface area contributed by atoms with Gasteiger partial charge in [-0.05, 0) is 49.6 Å². The molecular formula is C14H17NO3S. The molecule has 0 aliphatic heterocycles. The van der Waals surface area contributed by atoms with Gasteiger partial charge < -0.3 is 4.74 Å². The van der Waals surface area contributed by atoms with Gasteiger partial charge in [0, 0.05) is 11.0 Å². The van der Waals surface area contributed by atoms with Crippen molar-refractivity contribution in [2.45, 2.75) is 36.7 Å². The van der Waals surface area contributed by atoms with Crippen LogP contribution in [-0.2, 0) is 0 Å². The fraction of sp³-hybridized carbons (Fsp3) is 0.429. The average Bonchev–Trinajstić information content (AvgIpc) is 2.89. The van der Waals surface area contributed by atoms with Gasteiger partial charge in [0.15, 0.2) is 0 Å². The molecule has 0 unspecified atom stereocenters. The molecule has 0 N–H and O–H groups in total. The first kappa shape index (κ1) is 13.9. The predicted molar refractivity (Wildman–Crippen MR) is 77.1 cm³/mol. The summed E-state index contributed by atoms with van der Waals surface area (Å²) in [5.74, 6) is 0.838. The number of benzene rings is 1. The minimum Gasteiger partial charge on any atom is -0.489 e. The van der Waals surface area contributed by atoms with Crippen molar-refractivity contribution in [3.63, 3.8) is 0 Å². The van der Waals surface area contributed by atoms with E-state index in [1.807, 2.05) is 24.5 Å². The third-order valence-corrected chi connectivity index (χ3v) is 3.95. The largest absolute Gasteiger partial charge is 0.489 e. The first-order valence-corrected chi connectivity index (χ1v) is 7.58. The lowest BCUT2D eigenvalue weighted by molar-refractivity contribution is -0.400. The number of rotatable bonds is 5. The first-order valence-electron chi connectivity index (χ1n) is 6.35. The molecule has 1 aromatic carbocycles. The Bertz CT molecular complexity index is 482. The summed E-state index contributed by atoms with van der Waals surface area (Å²) in [6.07, 6.45) is 9.38. The van der Waals surface area contributed by atoms with Crippen LogP contribution in [0.4, 0.5) is 0 Å². The van der Waals surface area contributed by atoms with Crippen LogP contribution in [0.2, 0.25) is 0 Å². The molecule has 0 bridgehead atoms. The Balaban J connectivity index is 2.17. The van der Waals surface area contributed by atoms with Crippen LogP contribution < -0.4 is 4.74 Å². The van der Waals surface area contributed by atoms with Crippen LogP contribution in [-0.4, -0.2) is 17.3 Å². The van der Waals surface area contributed by atoms with Gasteiger partial charge in [0.1, 0.15) is 5.75 Å². The second-order valence-corrected chi connectivity index (χ2v) is 5.38. The Morgan fingerprint density at radius 3 is 2.79 bits per heavy atom. The highest BCUT2D eigenvalue weighted by molar-refractivity contribution is 7.98. The van der Waals surface area contributed by atoms with Crippen molar-refractivity contribution in [1.29, 1.82) is 0 Å². The summed E-state index contributed by atoms with van der Waals surface area (Å²) in [7, 11) is 0.